The van der Waals surface area contributed by atoms with Crippen LogP contribution in [0.4, 0.5) is 29.3 Å². The minimum Gasteiger partial charge on any atom is -0.492 e. The van der Waals surface area contributed by atoms with Crippen molar-refractivity contribution in [3.05, 3.63) is 72.6 Å². The van der Waals surface area contributed by atoms with Crippen molar-refractivity contribution in [1.29, 1.82) is 0 Å². The van der Waals surface area contributed by atoms with Crippen LogP contribution in [-0.2, 0) is 6.18 Å². The number of pyridine rings is 1. The highest BCUT2D eigenvalue weighted by atomic mass is 19.4. The molecule has 0 spiro atoms. The zero-order valence-electron chi connectivity index (χ0n) is 18.0. The van der Waals surface area contributed by atoms with E-state index in [4.69, 9.17) is 9.47 Å². The summed E-state index contributed by atoms with van der Waals surface area (Å²) in [7, 11) is 3.57. The van der Waals surface area contributed by atoms with Crippen LogP contribution in [0.1, 0.15) is 5.56 Å². The molecule has 10 heteroatoms. The molecule has 3 rings (SSSR count). The number of halogens is 3. The van der Waals surface area contributed by atoms with Gasteiger partial charge in [0.15, 0.2) is 0 Å². The number of ether oxygens (including phenoxy) is 2. The Morgan fingerprint density at radius 1 is 0.970 bits per heavy atom. The monoisotopic (exact) mass is 460 g/mol. The number of carbonyl (C=O) groups excluding carboxylic acids is 1. The predicted molar refractivity (Wildman–Crippen MR) is 119 cm³/mol. The Bertz CT molecular complexity index is 1060. The molecule has 2 N–H and O–H groups in total. The third kappa shape index (κ3) is 7.11. The molecule has 1 heterocycles. The van der Waals surface area contributed by atoms with Crippen molar-refractivity contribution in [3.63, 3.8) is 0 Å². The molecule has 0 aliphatic carbocycles. The number of anilines is 2. The van der Waals surface area contributed by atoms with Gasteiger partial charge in [0.1, 0.15) is 29.4 Å². The van der Waals surface area contributed by atoms with Gasteiger partial charge in [-0.15, -0.1) is 0 Å². The number of alkyl halides is 3. The van der Waals surface area contributed by atoms with Crippen molar-refractivity contribution in [2.75, 3.05) is 37.9 Å². The number of benzene rings is 2. The second kappa shape index (κ2) is 10.7. The number of rotatable bonds is 8. The summed E-state index contributed by atoms with van der Waals surface area (Å²) in [4.78, 5) is 18.1. The first-order valence-corrected chi connectivity index (χ1v) is 9.96. The van der Waals surface area contributed by atoms with E-state index in [2.05, 4.69) is 15.6 Å². The van der Waals surface area contributed by atoms with Crippen molar-refractivity contribution in [2.24, 2.45) is 0 Å². The van der Waals surface area contributed by atoms with Crippen LogP contribution < -0.4 is 20.1 Å². The number of amides is 2. The number of carbonyl (C=O) groups is 1. The lowest BCUT2D eigenvalue weighted by Crippen LogP contribution is -2.23. The average Bonchev–Trinajstić information content (AvgIpc) is 2.75. The van der Waals surface area contributed by atoms with E-state index >= 15 is 0 Å². The second-order valence-electron chi connectivity index (χ2n) is 7.22. The lowest BCUT2D eigenvalue weighted by Gasteiger charge is -2.19. The van der Waals surface area contributed by atoms with E-state index in [9.17, 15) is 18.0 Å². The van der Waals surface area contributed by atoms with Crippen molar-refractivity contribution < 1.29 is 27.4 Å². The topological polar surface area (TPSA) is 75.7 Å². The number of hydrogen-bond donors (Lipinski definition) is 2. The SMILES string of the molecule is CN(C)CCOc1cccc(NC(=O)Nc2ccc(Oc3ccncc3)cc2)c1C(F)(F)F. The first-order valence-electron chi connectivity index (χ1n) is 9.96. The van der Waals surface area contributed by atoms with Crippen molar-refractivity contribution in [1.82, 2.24) is 9.88 Å². The van der Waals surface area contributed by atoms with Crippen LogP contribution in [0.2, 0.25) is 0 Å². The molecule has 0 atom stereocenters. The molecule has 1 aromatic heterocycles. The number of likely N-dealkylation sites (N-methyl/N-ethyl adjacent to an activating group) is 1. The molecule has 0 aliphatic heterocycles. The normalized spacial score (nSPS) is 11.2. The van der Waals surface area contributed by atoms with Gasteiger partial charge >= 0.3 is 12.2 Å². The molecule has 2 amide bonds. The van der Waals surface area contributed by atoms with Crippen LogP contribution in [0.25, 0.3) is 0 Å². The second-order valence-corrected chi connectivity index (χ2v) is 7.22. The molecule has 0 radical (unpaired) electrons. The molecule has 0 aliphatic rings. The standard InChI is InChI=1S/C23H23F3N4O3/c1-30(2)14-15-32-20-5-3-4-19(21(20)23(24,25)26)29-22(31)28-16-6-8-17(9-7-16)33-18-10-12-27-13-11-18/h3-13H,14-15H2,1-2H3,(H2,28,29,31). The first-order chi connectivity index (χ1) is 15.7. The molecule has 2 aromatic carbocycles. The van der Waals surface area contributed by atoms with Gasteiger partial charge in [0, 0.05) is 24.6 Å². The maximum Gasteiger partial charge on any atom is 0.421 e. The quantitative estimate of drug-likeness (QED) is 0.466. The van der Waals surface area contributed by atoms with Crippen LogP contribution in [0, 0.1) is 0 Å². The largest absolute Gasteiger partial charge is 0.492 e. The van der Waals surface area contributed by atoms with E-state index in [1.54, 1.807) is 67.8 Å². The molecule has 0 fully saturated rings. The smallest absolute Gasteiger partial charge is 0.421 e. The molecular weight excluding hydrogens is 437 g/mol. The fraction of sp³-hybridized carbons (Fsp3) is 0.217. The summed E-state index contributed by atoms with van der Waals surface area (Å²) in [6.45, 7) is 0.510. The third-order valence-corrected chi connectivity index (χ3v) is 4.35. The predicted octanol–water partition coefficient (Wildman–Crippen LogP) is 5.48. The van der Waals surface area contributed by atoms with Gasteiger partial charge in [-0.25, -0.2) is 4.79 Å². The van der Waals surface area contributed by atoms with Crippen molar-refractivity contribution >= 4 is 17.4 Å². The fourth-order valence-corrected chi connectivity index (χ4v) is 2.82. The van der Waals surface area contributed by atoms with E-state index in [1.165, 1.54) is 18.2 Å². The molecule has 3 aromatic rings. The van der Waals surface area contributed by atoms with Gasteiger partial charge < -0.3 is 25.0 Å². The van der Waals surface area contributed by atoms with E-state index in [-0.39, 0.29) is 12.4 Å². The zero-order chi connectivity index (χ0) is 23.8. The lowest BCUT2D eigenvalue weighted by atomic mass is 10.1. The molecule has 0 unspecified atom stereocenters. The number of nitrogens with zero attached hydrogens (tertiary/aromatic N) is 2. The summed E-state index contributed by atoms with van der Waals surface area (Å²) >= 11 is 0. The van der Waals surface area contributed by atoms with Crippen LogP contribution in [0.3, 0.4) is 0 Å². The molecule has 174 valence electrons. The Labute approximate surface area is 189 Å². The average molecular weight is 460 g/mol. The molecule has 0 saturated heterocycles. The van der Waals surface area contributed by atoms with Gasteiger partial charge in [-0.1, -0.05) is 6.07 Å². The molecule has 33 heavy (non-hydrogen) atoms. The van der Waals surface area contributed by atoms with Crippen LogP contribution >= 0.6 is 0 Å². The highest BCUT2D eigenvalue weighted by Gasteiger charge is 2.37. The highest BCUT2D eigenvalue weighted by Crippen LogP contribution is 2.41. The van der Waals surface area contributed by atoms with Gasteiger partial charge in [-0.3, -0.25) is 4.98 Å². The summed E-state index contributed by atoms with van der Waals surface area (Å²) in [6, 6.07) is 12.7. The maximum absolute atomic E-state index is 13.7. The number of hydrogen-bond acceptors (Lipinski definition) is 5. The van der Waals surface area contributed by atoms with Gasteiger partial charge in [0.2, 0.25) is 0 Å². The van der Waals surface area contributed by atoms with Gasteiger partial charge in [-0.2, -0.15) is 13.2 Å². The zero-order valence-corrected chi connectivity index (χ0v) is 18.0. The summed E-state index contributed by atoms with van der Waals surface area (Å²) in [5.41, 5.74) is -1.07. The lowest BCUT2D eigenvalue weighted by molar-refractivity contribution is -0.138. The van der Waals surface area contributed by atoms with Crippen LogP contribution in [0.15, 0.2) is 67.0 Å². The number of aromatic nitrogens is 1. The van der Waals surface area contributed by atoms with Crippen molar-refractivity contribution in [3.8, 4) is 17.2 Å². The first kappa shape index (κ1) is 23.9. The van der Waals surface area contributed by atoms with Gasteiger partial charge in [0.25, 0.3) is 0 Å². The number of urea groups is 1. The minimum absolute atomic E-state index is 0.0691. The fourth-order valence-electron chi connectivity index (χ4n) is 2.82. The summed E-state index contributed by atoms with van der Waals surface area (Å²) < 4.78 is 52.1. The summed E-state index contributed by atoms with van der Waals surface area (Å²) in [5.74, 6) is 0.768. The number of nitrogens with one attached hydrogen (secondary N) is 2. The van der Waals surface area contributed by atoms with Crippen molar-refractivity contribution in [2.45, 2.75) is 6.18 Å². The minimum atomic E-state index is -4.72. The maximum atomic E-state index is 13.7. The molecule has 0 saturated carbocycles. The molecule has 7 nitrogen and oxygen atoms in total. The summed E-state index contributed by atoms with van der Waals surface area (Å²) in [5, 5.41) is 4.77. The van der Waals surface area contributed by atoms with E-state index in [0.29, 0.717) is 23.7 Å². The van der Waals surface area contributed by atoms with Crippen LogP contribution in [0.5, 0.6) is 17.2 Å². The van der Waals surface area contributed by atoms with E-state index < -0.39 is 23.5 Å². The Hall–Kier alpha value is -3.79. The van der Waals surface area contributed by atoms with E-state index in [0.717, 1.165) is 0 Å². The summed E-state index contributed by atoms with van der Waals surface area (Å²) in [6.07, 6.45) is -1.54. The Balaban J connectivity index is 1.68. The van der Waals surface area contributed by atoms with Gasteiger partial charge in [-0.05, 0) is 62.6 Å². The highest BCUT2D eigenvalue weighted by molar-refractivity contribution is 6.00. The molecule has 0 bridgehead atoms. The Morgan fingerprint density at radius 3 is 2.27 bits per heavy atom. The third-order valence-electron chi connectivity index (χ3n) is 4.35. The van der Waals surface area contributed by atoms with Gasteiger partial charge in [0.05, 0.1) is 5.69 Å². The molecular formula is C23H23F3N4O3. The van der Waals surface area contributed by atoms with E-state index in [1.807, 2.05) is 0 Å². The Kier molecular flexibility index (Phi) is 7.73. The Morgan fingerprint density at radius 2 is 1.64 bits per heavy atom. The van der Waals surface area contributed by atoms with Crippen LogP contribution in [-0.4, -0.2) is 43.2 Å².